The zero-order valence-electron chi connectivity index (χ0n) is 19.6. The average molecular weight is 447 g/mol. The predicted octanol–water partition coefficient (Wildman–Crippen LogP) is 4.90. The van der Waals surface area contributed by atoms with Gasteiger partial charge in [0.2, 0.25) is 0 Å². The molecule has 3 aromatic rings. The zero-order chi connectivity index (χ0) is 23.4. The van der Waals surface area contributed by atoms with Crippen LogP contribution in [-0.2, 0) is 4.79 Å². The van der Waals surface area contributed by atoms with Gasteiger partial charge in [-0.05, 0) is 75.1 Å². The van der Waals surface area contributed by atoms with E-state index in [9.17, 15) is 4.79 Å². The topological polar surface area (TPSA) is 76.6 Å². The first-order valence-corrected chi connectivity index (χ1v) is 11.2. The van der Waals surface area contributed by atoms with E-state index in [4.69, 9.17) is 14.5 Å². The lowest BCUT2D eigenvalue weighted by molar-refractivity contribution is -0.134. The van der Waals surface area contributed by atoms with Crippen molar-refractivity contribution in [3.63, 3.8) is 0 Å². The summed E-state index contributed by atoms with van der Waals surface area (Å²) in [6.45, 7) is 6.62. The molecule has 7 nitrogen and oxygen atoms in total. The molecule has 0 saturated carbocycles. The minimum absolute atomic E-state index is 0.0417. The maximum atomic E-state index is 13.1. The van der Waals surface area contributed by atoms with Crippen LogP contribution in [0.25, 0.3) is 0 Å². The highest BCUT2D eigenvalue weighted by Gasteiger charge is 2.31. The molecule has 3 heterocycles. The monoisotopic (exact) mass is 446 g/mol. The Morgan fingerprint density at radius 2 is 2.00 bits per heavy atom. The second-order valence-electron chi connectivity index (χ2n) is 8.40. The highest BCUT2D eigenvalue weighted by atomic mass is 16.5. The summed E-state index contributed by atoms with van der Waals surface area (Å²) < 4.78 is 11.2. The molecule has 172 valence electrons. The first-order chi connectivity index (χ1) is 15.9. The van der Waals surface area contributed by atoms with Gasteiger partial charge < -0.3 is 19.7 Å². The fourth-order valence-electron chi connectivity index (χ4n) is 4.18. The lowest BCUT2D eigenvalue weighted by Crippen LogP contribution is -2.35. The molecular formula is C26H30N4O3. The Hall–Kier alpha value is -3.61. The minimum Gasteiger partial charge on any atom is -0.493 e. The van der Waals surface area contributed by atoms with Crippen molar-refractivity contribution in [2.45, 2.75) is 39.7 Å². The van der Waals surface area contributed by atoms with Crippen molar-refractivity contribution in [3.05, 3.63) is 71.2 Å². The molecule has 1 atom stereocenters. The van der Waals surface area contributed by atoms with Crippen molar-refractivity contribution in [1.82, 2.24) is 14.9 Å². The fourth-order valence-corrected chi connectivity index (χ4v) is 4.18. The predicted molar refractivity (Wildman–Crippen MR) is 128 cm³/mol. The third-order valence-corrected chi connectivity index (χ3v) is 5.83. The number of pyridine rings is 2. The van der Waals surface area contributed by atoms with E-state index < -0.39 is 0 Å². The summed E-state index contributed by atoms with van der Waals surface area (Å²) in [4.78, 5) is 24.1. The van der Waals surface area contributed by atoms with E-state index in [1.54, 1.807) is 13.3 Å². The van der Waals surface area contributed by atoms with Crippen LogP contribution < -0.4 is 14.8 Å². The van der Waals surface area contributed by atoms with Crippen LogP contribution in [0.4, 0.5) is 11.5 Å². The molecule has 1 aliphatic rings. The van der Waals surface area contributed by atoms with Crippen LogP contribution in [0, 0.1) is 20.8 Å². The van der Waals surface area contributed by atoms with Gasteiger partial charge in [0.05, 0.1) is 18.8 Å². The third-order valence-electron chi connectivity index (χ3n) is 5.83. The highest BCUT2D eigenvalue weighted by Crippen LogP contribution is 2.34. The number of nitrogens with one attached hydrogen (secondary N) is 1. The minimum atomic E-state index is -0.0775. The van der Waals surface area contributed by atoms with E-state index in [1.165, 1.54) is 0 Å². The number of ether oxygens (including phenoxy) is 2. The summed E-state index contributed by atoms with van der Waals surface area (Å²) >= 11 is 0. The van der Waals surface area contributed by atoms with Crippen molar-refractivity contribution in [2.75, 3.05) is 25.6 Å². The van der Waals surface area contributed by atoms with E-state index in [2.05, 4.69) is 10.3 Å². The first-order valence-electron chi connectivity index (χ1n) is 11.2. The number of likely N-dealkylation sites (tertiary alicyclic amines) is 1. The molecule has 0 radical (unpaired) electrons. The molecule has 1 fully saturated rings. The molecular weight excluding hydrogens is 416 g/mol. The van der Waals surface area contributed by atoms with Gasteiger partial charge in [-0.15, -0.1) is 0 Å². The zero-order valence-corrected chi connectivity index (χ0v) is 19.6. The first kappa shape index (κ1) is 22.6. The van der Waals surface area contributed by atoms with Crippen molar-refractivity contribution < 1.29 is 14.3 Å². The van der Waals surface area contributed by atoms with Crippen molar-refractivity contribution in [3.8, 4) is 11.5 Å². The van der Waals surface area contributed by atoms with Gasteiger partial charge in [0.25, 0.3) is 5.91 Å². The third kappa shape index (κ3) is 5.25. The molecule has 7 heteroatoms. The number of anilines is 2. The van der Waals surface area contributed by atoms with Gasteiger partial charge in [-0.2, -0.15) is 0 Å². The summed E-state index contributed by atoms with van der Waals surface area (Å²) in [5.74, 6) is 1.95. The van der Waals surface area contributed by atoms with Gasteiger partial charge in [-0.3, -0.25) is 9.78 Å². The Morgan fingerprint density at radius 1 is 1.15 bits per heavy atom. The van der Waals surface area contributed by atoms with Gasteiger partial charge in [0, 0.05) is 24.1 Å². The second-order valence-corrected chi connectivity index (χ2v) is 8.40. The van der Waals surface area contributed by atoms with E-state index >= 15 is 0 Å². The van der Waals surface area contributed by atoms with Crippen LogP contribution in [0.1, 0.15) is 41.4 Å². The SMILES string of the molecule is COc1cc(C)ccc1OCC(=O)N1CCC[C@@H]1c1cc(Nc2ncccc2C)cc(C)n1. The summed E-state index contributed by atoms with van der Waals surface area (Å²) in [5, 5.41) is 3.39. The number of methoxy groups -OCH3 is 1. The number of hydrogen-bond donors (Lipinski definition) is 1. The van der Waals surface area contributed by atoms with Crippen molar-refractivity contribution in [1.29, 1.82) is 0 Å². The van der Waals surface area contributed by atoms with Crippen LogP contribution in [-0.4, -0.2) is 41.0 Å². The Bertz CT molecular complexity index is 1150. The number of hydrogen-bond acceptors (Lipinski definition) is 6. The lowest BCUT2D eigenvalue weighted by atomic mass is 10.1. The molecule has 33 heavy (non-hydrogen) atoms. The van der Waals surface area contributed by atoms with Gasteiger partial charge in [0.15, 0.2) is 18.1 Å². The summed E-state index contributed by atoms with van der Waals surface area (Å²) in [7, 11) is 1.60. The number of aryl methyl sites for hydroxylation is 3. The highest BCUT2D eigenvalue weighted by molar-refractivity contribution is 5.78. The van der Waals surface area contributed by atoms with Crippen LogP contribution in [0.15, 0.2) is 48.7 Å². The van der Waals surface area contributed by atoms with E-state index in [0.717, 1.165) is 46.9 Å². The molecule has 1 aromatic carbocycles. The van der Waals surface area contributed by atoms with Crippen LogP contribution in [0.2, 0.25) is 0 Å². The number of nitrogens with zero attached hydrogens (tertiary/aromatic N) is 3. The van der Waals surface area contributed by atoms with Gasteiger partial charge >= 0.3 is 0 Å². The number of rotatable bonds is 7. The number of aromatic nitrogens is 2. The summed E-state index contributed by atoms with van der Waals surface area (Å²) in [6, 6.07) is 13.5. The second kappa shape index (κ2) is 9.90. The van der Waals surface area contributed by atoms with Crippen LogP contribution in [0.5, 0.6) is 11.5 Å². The molecule has 1 aliphatic heterocycles. The van der Waals surface area contributed by atoms with Crippen LogP contribution in [0.3, 0.4) is 0 Å². The molecule has 4 rings (SSSR count). The Balaban J connectivity index is 1.49. The normalized spacial score (nSPS) is 15.4. The molecule has 1 N–H and O–H groups in total. The smallest absolute Gasteiger partial charge is 0.261 e. The van der Waals surface area contributed by atoms with Crippen molar-refractivity contribution in [2.24, 2.45) is 0 Å². The largest absolute Gasteiger partial charge is 0.493 e. The number of amides is 1. The van der Waals surface area contributed by atoms with E-state index in [-0.39, 0.29) is 18.6 Å². The molecule has 0 aliphatic carbocycles. The maximum absolute atomic E-state index is 13.1. The lowest BCUT2D eigenvalue weighted by Gasteiger charge is -2.25. The molecule has 1 saturated heterocycles. The molecule has 2 aromatic heterocycles. The number of carbonyl (C=O) groups is 1. The summed E-state index contributed by atoms with van der Waals surface area (Å²) in [6.07, 6.45) is 3.57. The molecule has 1 amide bonds. The van der Waals surface area contributed by atoms with Gasteiger partial charge in [-0.25, -0.2) is 4.98 Å². The van der Waals surface area contributed by atoms with Gasteiger partial charge in [-0.1, -0.05) is 12.1 Å². The Labute approximate surface area is 194 Å². The number of carbonyl (C=O) groups excluding carboxylic acids is 1. The van der Waals surface area contributed by atoms with E-state index in [1.807, 2.05) is 68.1 Å². The Kier molecular flexibility index (Phi) is 6.77. The van der Waals surface area contributed by atoms with Crippen molar-refractivity contribution >= 4 is 17.4 Å². The fraction of sp³-hybridized carbons (Fsp3) is 0.346. The van der Waals surface area contributed by atoms with E-state index in [0.29, 0.717) is 18.0 Å². The number of benzene rings is 1. The molecule has 0 unspecified atom stereocenters. The summed E-state index contributed by atoms with van der Waals surface area (Å²) in [5.41, 5.74) is 4.82. The maximum Gasteiger partial charge on any atom is 0.261 e. The molecule has 0 spiro atoms. The van der Waals surface area contributed by atoms with Gasteiger partial charge in [0.1, 0.15) is 5.82 Å². The standard InChI is InChI=1S/C26H30N4O3/c1-17-9-10-23(24(13-17)32-4)33-16-25(31)30-12-6-8-22(30)21-15-20(14-19(3)28-21)29-26-18(2)7-5-11-27-26/h5,7,9-11,13-15,22H,6,8,12,16H2,1-4H3,(H,27,28,29)/t22-/m1/s1. The molecule has 0 bridgehead atoms. The quantitative estimate of drug-likeness (QED) is 0.557. The van der Waals surface area contributed by atoms with Crippen LogP contribution >= 0.6 is 0 Å². The Morgan fingerprint density at radius 3 is 2.79 bits per heavy atom. The average Bonchev–Trinajstić information content (AvgIpc) is 3.29.